The van der Waals surface area contributed by atoms with E-state index in [1.165, 1.54) is 0 Å². The van der Waals surface area contributed by atoms with E-state index in [0.29, 0.717) is 28.9 Å². The van der Waals surface area contributed by atoms with Gasteiger partial charge in [-0.05, 0) is 69.2 Å². The maximum absolute atomic E-state index is 11.4. The predicted molar refractivity (Wildman–Crippen MR) is 118 cm³/mol. The lowest BCUT2D eigenvalue weighted by atomic mass is 10.0. The smallest absolute Gasteiger partial charge is 0.308 e. The molecule has 0 spiro atoms. The first-order valence-corrected chi connectivity index (χ1v) is 10.7. The maximum Gasteiger partial charge on any atom is 0.308 e. The molecule has 4 rings (SSSR count). The summed E-state index contributed by atoms with van der Waals surface area (Å²) in [7, 11) is 0. The average Bonchev–Trinajstić information content (AvgIpc) is 3.40. The largest absolute Gasteiger partial charge is 0.489 e. The van der Waals surface area contributed by atoms with Crippen LogP contribution in [0.4, 0.5) is 5.69 Å². The number of anilines is 1. The molecule has 0 saturated heterocycles. The summed E-state index contributed by atoms with van der Waals surface area (Å²) >= 11 is 6.31. The van der Waals surface area contributed by atoms with Gasteiger partial charge in [0.2, 0.25) is 5.82 Å². The lowest BCUT2D eigenvalue weighted by molar-refractivity contribution is -0.141. The fourth-order valence-corrected chi connectivity index (χ4v) is 4.02. The molecule has 1 fully saturated rings. The Kier molecular flexibility index (Phi) is 6.13. The van der Waals surface area contributed by atoms with Crippen LogP contribution in [0.3, 0.4) is 0 Å². The number of aliphatic carboxylic acids is 1. The number of carboxylic acids is 1. The normalized spacial score (nSPS) is 18.3. The highest BCUT2D eigenvalue weighted by Crippen LogP contribution is 2.32. The highest BCUT2D eigenvalue weighted by Gasteiger charge is 2.32. The van der Waals surface area contributed by atoms with Gasteiger partial charge in [0, 0.05) is 22.9 Å². The molecule has 1 heterocycles. The fourth-order valence-electron chi connectivity index (χ4n) is 3.80. The van der Waals surface area contributed by atoms with Gasteiger partial charge in [0.15, 0.2) is 0 Å². The molecule has 3 aromatic rings. The quantitative estimate of drug-likeness (QED) is 0.498. The molecule has 162 valence electrons. The van der Waals surface area contributed by atoms with Gasteiger partial charge in [0.1, 0.15) is 5.75 Å². The van der Waals surface area contributed by atoms with E-state index in [1.807, 2.05) is 44.2 Å². The standard InChI is InChI=1S/C23H24ClN3O4/c1-13(2)30-20-11-8-15(12-18(20)24)21-26-22(31-27-21)14-6-9-16(10-7-14)25-19-5-3-4-17(19)23(28)29/h6-13,17,19,25H,3-5H2,1-2H3,(H,28,29)/t17-,19-/m1/s1. The van der Waals surface area contributed by atoms with Gasteiger partial charge in [0.25, 0.3) is 5.89 Å². The van der Waals surface area contributed by atoms with Crippen LogP contribution in [0.15, 0.2) is 47.0 Å². The molecule has 2 atom stereocenters. The van der Waals surface area contributed by atoms with Crippen LogP contribution in [0, 0.1) is 5.92 Å². The molecular weight excluding hydrogens is 418 g/mol. The Bertz CT molecular complexity index is 1060. The molecule has 31 heavy (non-hydrogen) atoms. The molecule has 1 aliphatic rings. The molecule has 0 unspecified atom stereocenters. The third-order valence-corrected chi connectivity index (χ3v) is 5.59. The topological polar surface area (TPSA) is 97.5 Å². The minimum Gasteiger partial charge on any atom is -0.489 e. The zero-order valence-corrected chi connectivity index (χ0v) is 18.1. The lowest BCUT2D eigenvalue weighted by Crippen LogP contribution is -2.29. The van der Waals surface area contributed by atoms with Gasteiger partial charge in [0.05, 0.1) is 17.0 Å². The Hall–Kier alpha value is -3.06. The molecule has 2 aromatic carbocycles. The zero-order chi connectivity index (χ0) is 22.0. The number of hydrogen-bond acceptors (Lipinski definition) is 6. The Morgan fingerprint density at radius 2 is 1.94 bits per heavy atom. The Balaban J connectivity index is 1.47. The maximum atomic E-state index is 11.4. The number of nitrogens with one attached hydrogen (secondary N) is 1. The summed E-state index contributed by atoms with van der Waals surface area (Å²) in [6, 6.07) is 12.9. The van der Waals surface area contributed by atoms with Gasteiger partial charge in [-0.2, -0.15) is 4.98 Å². The molecular formula is C23H24ClN3O4. The molecule has 0 amide bonds. The first-order valence-electron chi connectivity index (χ1n) is 10.3. The Morgan fingerprint density at radius 1 is 1.19 bits per heavy atom. The number of ether oxygens (including phenoxy) is 1. The average molecular weight is 442 g/mol. The van der Waals surface area contributed by atoms with Crippen LogP contribution in [0.1, 0.15) is 33.1 Å². The molecule has 0 bridgehead atoms. The summed E-state index contributed by atoms with van der Waals surface area (Å²) in [4.78, 5) is 15.8. The Morgan fingerprint density at radius 3 is 2.61 bits per heavy atom. The second-order valence-electron chi connectivity index (χ2n) is 7.94. The minimum absolute atomic E-state index is 0.0290. The van der Waals surface area contributed by atoms with Crippen LogP contribution >= 0.6 is 11.6 Å². The van der Waals surface area contributed by atoms with Gasteiger partial charge < -0.3 is 19.7 Å². The van der Waals surface area contributed by atoms with E-state index in [4.69, 9.17) is 20.9 Å². The van der Waals surface area contributed by atoms with Crippen LogP contribution in [0.2, 0.25) is 5.02 Å². The molecule has 1 aromatic heterocycles. The van der Waals surface area contributed by atoms with E-state index in [1.54, 1.807) is 12.1 Å². The Labute approximate surface area is 185 Å². The highest BCUT2D eigenvalue weighted by atomic mass is 35.5. The minimum atomic E-state index is -0.742. The van der Waals surface area contributed by atoms with E-state index in [9.17, 15) is 9.90 Å². The number of nitrogens with zero attached hydrogens (tertiary/aromatic N) is 2. The van der Waals surface area contributed by atoms with E-state index >= 15 is 0 Å². The molecule has 8 heteroatoms. The van der Waals surface area contributed by atoms with Crippen molar-refractivity contribution in [2.45, 2.75) is 45.3 Å². The van der Waals surface area contributed by atoms with Crippen LogP contribution in [-0.2, 0) is 4.79 Å². The molecule has 0 radical (unpaired) electrons. The van der Waals surface area contributed by atoms with E-state index in [0.717, 1.165) is 29.7 Å². The van der Waals surface area contributed by atoms with Crippen molar-refractivity contribution in [1.82, 2.24) is 10.1 Å². The van der Waals surface area contributed by atoms with Crippen molar-refractivity contribution in [3.63, 3.8) is 0 Å². The van der Waals surface area contributed by atoms with Crippen molar-refractivity contribution in [3.05, 3.63) is 47.5 Å². The van der Waals surface area contributed by atoms with Crippen molar-refractivity contribution in [3.8, 4) is 28.6 Å². The number of carbonyl (C=O) groups is 1. The van der Waals surface area contributed by atoms with Crippen LogP contribution < -0.4 is 10.1 Å². The summed E-state index contributed by atoms with van der Waals surface area (Å²) in [6.07, 6.45) is 2.52. The van der Waals surface area contributed by atoms with Crippen molar-refractivity contribution in [2.24, 2.45) is 5.92 Å². The van der Waals surface area contributed by atoms with Gasteiger partial charge in [-0.1, -0.05) is 23.2 Å². The van der Waals surface area contributed by atoms with Crippen molar-refractivity contribution < 1.29 is 19.2 Å². The predicted octanol–water partition coefficient (Wildman–Crippen LogP) is 5.51. The van der Waals surface area contributed by atoms with E-state index < -0.39 is 5.97 Å². The number of rotatable bonds is 7. The lowest BCUT2D eigenvalue weighted by Gasteiger charge is -2.18. The number of benzene rings is 2. The number of hydrogen-bond donors (Lipinski definition) is 2. The van der Waals surface area contributed by atoms with Crippen LogP contribution in [-0.4, -0.2) is 33.4 Å². The monoisotopic (exact) mass is 441 g/mol. The third kappa shape index (κ3) is 4.82. The fraction of sp³-hybridized carbons (Fsp3) is 0.348. The number of halogens is 1. The van der Waals surface area contributed by atoms with Gasteiger partial charge in [-0.15, -0.1) is 0 Å². The van der Waals surface area contributed by atoms with Crippen molar-refractivity contribution >= 4 is 23.3 Å². The number of carboxylic acid groups (broad SMARTS) is 1. The summed E-state index contributed by atoms with van der Waals surface area (Å²) in [5.74, 6) is 0.353. The van der Waals surface area contributed by atoms with E-state index in [-0.39, 0.29) is 18.1 Å². The zero-order valence-electron chi connectivity index (χ0n) is 17.3. The second-order valence-corrected chi connectivity index (χ2v) is 8.35. The highest BCUT2D eigenvalue weighted by molar-refractivity contribution is 6.32. The molecule has 1 saturated carbocycles. The summed E-state index contributed by atoms with van der Waals surface area (Å²) < 4.78 is 11.1. The van der Waals surface area contributed by atoms with Gasteiger partial charge in [-0.25, -0.2) is 0 Å². The van der Waals surface area contributed by atoms with Gasteiger partial charge in [-0.3, -0.25) is 4.79 Å². The van der Waals surface area contributed by atoms with Crippen molar-refractivity contribution in [2.75, 3.05) is 5.32 Å². The SMILES string of the molecule is CC(C)Oc1ccc(-c2noc(-c3ccc(N[C@@H]4CCC[C@H]4C(=O)O)cc3)n2)cc1Cl. The summed E-state index contributed by atoms with van der Waals surface area (Å²) in [5.41, 5.74) is 2.38. The summed E-state index contributed by atoms with van der Waals surface area (Å²) in [5, 5.41) is 17.2. The van der Waals surface area contributed by atoms with Crippen molar-refractivity contribution in [1.29, 1.82) is 0 Å². The van der Waals surface area contributed by atoms with Gasteiger partial charge >= 0.3 is 5.97 Å². The first kappa shape index (κ1) is 21.2. The molecule has 7 nitrogen and oxygen atoms in total. The molecule has 1 aliphatic carbocycles. The third-order valence-electron chi connectivity index (χ3n) is 5.30. The van der Waals surface area contributed by atoms with Crippen LogP contribution in [0.25, 0.3) is 22.8 Å². The number of aromatic nitrogens is 2. The molecule has 0 aliphatic heterocycles. The van der Waals surface area contributed by atoms with Crippen LogP contribution in [0.5, 0.6) is 5.75 Å². The van der Waals surface area contributed by atoms with E-state index in [2.05, 4.69) is 15.5 Å². The molecule has 2 N–H and O–H groups in total. The first-order chi connectivity index (χ1) is 14.9. The summed E-state index contributed by atoms with van der Waals surface area (Å²) in [6.45, 7) is 3.88. The second kappa shape index (κ2) is 8.98.